The van der Waals surface area contributed by atoms with E-state index in [1.54, 1.807) is 12.1 Å². The van der Waals surface area contributed by atoms with Crippen LogP contribution in [0.4, 0.5) is 17.3 Å². The topological polar surface area (TPSA) is 145 Å². The normalized spacial score (nSPS) is 14.5. The number of non-ortho nitro benzene ring substituents is 1. The van der Waals surface area contributed by atoms with Crippen molar-refractivity contribution in [1.82, 2.24) is 30.4 Å². The summed E-state index contributed by atoms with van der Waals surface area (Å²) in [6.45, 7) is 1.98. The van der Waals surface area contributed by atoms with Crippen LogP contribution in [0.2, 0.25) is 0 Å². The number of aromatic amines is 1. The predicted molar refractivity (Wildman–Crippen MR) is 106 cm³/mol. The van der Waals surface area contributed by atoms with E-state index in [0.29, 0.717) is 16.8 Å². The number of aromatic nitrogens is 6. The molecule has 0 spiro atoms. The maximum absolute atomic E-state index is 12.6. The Morgan fingerprint density at radius 3 is 2.53 bits per heavy atom. The van der Waals surface area contributed by atoms with E-state index in [1.165, 1.54) is 16.8 Å². The number of H-pyrrole nitrogens is 1. The van der Waals surface area contributed by atoms with Gasteiger partial charge >= 0.3 is 0 Å². The van der Waals surface area contributed by atoms with Crippen LogP contribution in [0, 0.1) is 17.0 Å². The van der Waals surface area contributed by atoms with Crippen LogP contribution in [0.15, 0.2) is 53.3 Å². The van der Waals surface area contributed by atoms with E-state index in [9.17, 15) is 14.9 Å². The van der Waals surface area contributed by atoms with E-state index >= 15 is 0 Å². The molecule has 0 bridgehead atoms. The molecule has 0 aliphatic carbocycles. The largest absolute Gasteiger partial charge is 0.318 e. The van der Waals surface area contributed by atoms with E-state index < -0.39 is 16.5 Å². The Balaban J connectivity index is 1.77. The van der Waals surface area contributed by atoms with E-state index in [4.69, 9.17) is 0 Å². The molecule has 148 valence electrons. The average Bonchev–Trinajstić information content (AvgIpc) is 3.22. The molecular weight excluding hydrogens is 388 g/mol. The summed E-state index contributed by atoms with van der Waals surface area (Å²) in [5, 5.41) is 32.6. The minimum Gasteiger partial charge on any atom is -0.318 e. The van der Waals surface area contributed by atoms with Gasteiger partial charge in [-0.05, 0) is 35.0 Å². The first kappa shape index (κ1) is 17.7. The van der Waals surface area contributed by atoms with E-state index in [2.05, 4.69) is 31.0 Å². The Morgan fingerprint density at radius 1 is 1.10 bits per heavy atom. The van der Waals surface area contributed by atoms with Gasteiger partial charge in [-0.1, -0.05) is 34.9 Å². The van der Waals surface area contributed by atoms with Gasteiger partial charge in [0.05, 0.1) is 10.6 Å². The zero-order valence-electron chi connectivity index (χ0n) is 15.6. The van der Waals surface area contributed by atoms with Gasteiger partial charge in [-0.15, -0.1) is 0 Å². The molecule has 1 aliphatic heterocycles. The van der Waals surface area contributed by atoms with E-state index in [1.807, 2.05) is 31.2 Å². The van der Waals surface area contributed by atoms with Crippen LogP contribution in [-0.4, -0.2) is 35.3 Å². The molecule has 11 nitrogen and oxygen atoms in total. The van der Waals surface area contributed by atoms with Crippen molar-refractivity contribution in [2.24, 2.45) is 0 Å². The van der Waals surface area contributed by atoms with Gasteiger partial charge in [0, 0.05) is 23.3 Å². The van der Waals surface area contributed by atoms with Crippen LogP contribution >= 0.6 is 0 Å². The van der Waals surface area contributed by atoms with Crippen molar-refractivity contribution in [3.8, 4) is 11.3 Å². The number of nitro benzene ring substituents is 1. The molecule has 1 atom stereocenters. The lowest BCUT2D eigenvalue weighted by atomic mass is 9.92. The average molecular weight is 402 g/mol. The zero-order valence-corrected chi connectivity index (χ0v) is 15.6. The molecule has 2 N–H and O–H groups in total. The van der Waals surface area contributed by atoms with Gasteiger partial charge in [-0.25, -0.2) is 5.10 Å². The van der Waals surface area contributed by atoms with E-state index in [0.717, 1.165) is 11.1 Å². The molecule has 5 rings (SSSR count). The number of fused-ring (bicyclic) bond motifs is 2. The minimum absolute atomic E-state index is 0.0346. The number of aryl methyl sites for hydroxylation is 1. The van der Waals surface area contributed by atoms with Crippen LogP contribution in [0.25, 0.3) is 11.3 Å². The summed E-state index contributed by atoms with van der Waals surface area (Å²) in [7, 11) is 0. The van der Waals surface area contributed by atoms with Crippen molar-refractivity contribution in [2.45, 2.75) is 13.0 Å². The molecular formula is C19H14N8O3. The molecule has 0 fully saturated rings. The van der Waals surface area contributed by atoms with Gasteiger partial charge in [0.25, 0.3) is 11.2 Å². The molecule has 2 aromatic carbocycles. The van der Waals surface area contributed by atoms with Crippen molar-refractivity contribution in [1.29, 1.82) is 0 Å². The summed E-state index contributed by atoms with van der Waals surface area (Å²) in [4.78, 5) is 23.2. The maximum atomic E-state index is 12.6. The van der Waals surface area contributed by atoms with Gasteiger partial charge in [-0.2, -0.15) is 9.78 Å². The molecule has 2 aromatic heterocycles. The van der Waals surface area contributed by atoms with E-state index in [-0.39, 0.29) is 17.3 Å². The molecule has 0 unspecified atom stereocenters. The Kier molecular flexibility index (Phi) is 3.88. The highest BCUT2D eigenvalue weighted by molar-refractivity contribution is 5.75. The van der Waals surface area contributed by atoms with Crippen LogP contribution < -0.4 is 10.9 Å². The predicted octanol–water partition coefficient (Wildman–Crippen LogP) is 2.33. The van der Waals surface area contributed by atoms with Gasteiger partial charge in [0.2, 0.25) is 5.95 Å². The highest BCUT2D eigenvalue weighted by atomic mass is 16.6. The number of hydrogen-bond donors (Lipinski definition) is 2. The molecule has 0 amide bonds. The number of nitrogens with zero attached hydrogens (tertiary/aromatic N) is 6. The quantitative estimate of drug-likeness (QED) is 0.345. The second kappa shape index (κ2) is 6.58. The van der Waals surface area contributed by atoms with Crippen molar-refractivity contribution in [3.63, 3.8) is 0 Å². The molecule has 1 aliphatic rings. The summed E-state index contributed by atoms with van der Waals surface area (Å²) < 4.78 is 1.53. The third-order valence-electron chi connectivity index (χ3n) is 5.01. The molecule has 30 heavy (non-hydrogen) atoms. The van der Waals surface area contributed by atoms with Crippen molar-refractivity contribution >= 4 is 17.3 Å². The number of rotatable bonds is 3. The number of nitro groups is 1. The standard InChI is InChI=1S/C19H14N8O3/c1-10-2-4-11(5-3-10)15-14-16(18(28)22-21-15)20-19-23-24-25-26(19)17(14)12-6-8-13(9-7-12)27(29)30/h2-9,17H,1H3,(H,22,28)(H,20,23,25)/t17-/m1/s1. The first-order valence-electron chi connectivity index (χ1n) is 9.02. The van der Waals surface area contributed by atoms with Gasteiger partial charge in [0.1, 0.15) is 11.7 Å². The number of anilines is 2. The molecule has 3 heterocycles. The zero-order chi connectivity index (χ0) is 20.8. The Morgan fingerprint density at radius 2 is 1.83 bits per heavy atom. The number of benzene rings is 2. The summed E-state index contributed by atoms with van der Waals surface area (Å²) in [5.41, 5.74) is 3.54. The smallest absolute Gasteiger partial charge is 0.288 e. The lowest BCUT2D eigenvalue weighted by Crippen LogP contribution is -2.29. The van der Waals surface area contributed by atoms with Crippen LogP contribution in [0.1, 0.15) is 22.7 Å². The fraction of sp³-hybridized carbons (Fsp3) is 0.105. The second-order valence-electron chi connectivity index (χ2n) is 6.88. The first-order valence-corrected chi connectivity index (χ1v) is 9.02. The molecule has 4 aromatic rings. The Labute approximate surface area is 168 Å². The Hall–Kier alpha value is -4.41. The van der Waals surface area contributed by atoms with Gasteiger partial charge in [-0.3, -0.25) is 14.9 Å². The number of tetrazole rings is 1. The number of nitrogens with one attached hydrogen (secondary N) is 2. The van der Waals surface area contributed by atoms with Crippen LogP contribution in [0.5, 0.6) is 0 Å². The third kappa shape index (κ3) is 2.71. The third-order valence-corrected chi connectivity index (χ3v) is 5.01. The van der Waals surface area contributed by atoms with Crippen molar-refractivity contribution in [2.75, 3.05) is 5.32 Å². The highest BCUT2D eigenvalue weighted by Crippen LogP contribution is 2.41. The SMILES string of the molecule is Cc1ccc(-c2n[nH]c(=O)c3c2[C@@H](c2ccc([N+](=O)[O-])cc2)n2nnnc2N3)cc1. The Bertz CT molecular complexity index is 1330. The minimum atomic E-state index is -0.599. The molecule has 0 saturated heterocycles. The van der Waals surface area contributed by atoms with Crippen LogP contribution in [-0.2, 0) is 0 Å². The second-order valence-corrected chi connectivity index (χ2v) is 6.88. The van der Waals surface area contributed by atoms with Gasteiger partial charge < -0.3 is 5.32 Å². The lowest BCUT2D eigenvalue weighted by molar-refractivity contribution is -0.384. The van der Waals surface area contributed by atoms with Crippen LogP contribution in [0.3, 0.4) is 0 Å². The van der Waals surface area contributed by atoms with Gasteiger partial charge in [0.15, 0.2) is 0 Å². The summed E-state index contributed by atoms with van der Waals surface area (Å²) in [6, 6.07) is 13.2. The maximum Gasteiger partial charge on any atom is 0.288 e. The molecule has 0 radical (unpaired) electrons. The summed E-state index contributed by atoms with van der Waals surface area (Å²) in [6.07, 6.45) is 0. The fourth-order valence-electron chi connectivity index (χ4n) is 3.56. The summed E-state index contributed by atoms with van der Waals surface area (Å²) >= 11 is 0. The molecule has 0 saturated carbocycles. The summed E-state index contributed by atoms with van der Waals surface area (Å²) in [5.74, 6) is 0.289. The fourth-order valence-corrected chi connectivity index (χ4v) is 3.56. The molecule has 11 heteroatoms. The number of hydrogen-bond acceptors (Lipinski definition) is 8. The van der Waals surface area contributed by atoms with Crippen molar-refractivity contribution in [3.05, 3.63) is 85.7 Å². The van der Waals surface area contributed by atoms with Crippen molar-refractivity contribution < 1.29 is 4.92 Å². The highest BCUT2D eigenvalue weighted by Gasteiger charge is 2.34. The monoisotopic (exact) mass is 402 g/mol. The lowest BCUT2D eigenvalue weighted by Gasteiger charge is -2.27. The first-order chi connectivity index (χ1) is 14.5.